The number of benzene rings is 1. The van der Waals surface area contributed by atoms with Crippen LogP contribution in [0.4, 0.5) is 0 Å². The molecule has 1 aliphatic heterocycles. The highest BCUT2D eigenvalue weighted by molar-refractivity contribution is 5.80. The highest BCUT2D eigenvalue weighted by Crippen LogP contribution is 2.13. The summed E-state index contributed by atoms with van der Waals surface area (Å²) in [4.78, 5) is 12.1. The monoisotopic (exact) mass is 329 g/mol. The zero-order valence-electron chi connectivity index (χ0n) is 13.9. The van der Waals surface area contributed by atoms with Gasteiger partial charge in [-0.3, -0.25) is 4.79 Å². The van der Waals surface area contributed by atoms with Crippen LogP contribution in [0.2, 0.25) is 0 Å². The number of aromatic nitrogens is 2. The Labute approximate surface area is 141 Å². The van der Waals surface area contributed by atoms with Gasteiger partial charge in [-0.2, -0.15) is 5.10 Å². The first-order valence-corrected chi connectivity index (χ1v) is 8.32. The summed E-state index contributed by atoms with van der Waals surface area (Å²) in [7, 11) is 0. The lowest BCUT2D eigenvalue weighted by Crippen LogP contribution is -2.35. The molecular weight excluding hydrogens is 306 g/mol. The predicted molar refractivity (Wildman–Crippen MR) is 89.8 cm³/mol. The lowest BCUT2D eigenvalue weighted by atomic mass is 10.2. The molecule has 128 valence electrons. The minimum absolute atomic E-state index is 0.107. The largest absolute Gasteiger partial charge is 0.376 e. The van der Waals surface area contributed by atoms with E-state index in [-0.39, 0.29) is 12.0 Å². The van der Waals surface area contributed by atoms with Gasteiger partial charge in [0.25, 0.3) is 0 Å². The van der Waals surface area contributed by atoms with Crippen LogP contribution < -0.4 is 5.32 Å². The summed E-state index contributed by atoms with van der Waals surface area (Å²) >= 11 is 0. The van der Waals surface area contributed by atoms with E-state index in [2.05, 4.69) is 10.4 Å². The fourth-order valence-electron chi connectivity index (χ4n) is 2.62. The van der Waals surface area contributed by atoms with Crippen molar-refractivity contribution in [1.29, 1.82) is 0 Å². The first-order chi connectivity index (χ1) is 11.7. The molecule has 1 aromatic carbocycles. The Morgan fingerprint density at radius 1 is 1.46 bits per heavy atom. The lowest BCUT2D eigenvalue weighted by molar-refractivity contribution is -0.133. The molecule has 0 unspecified atom stereocenters. The van der Waals surface area contributed by atoms with Crippen LogP contribution in [0.25, 0.3) is 5.69 Å². The van der Waals surface area contributed by atoms with Gasteiger partial charge >= 0.3 is 0 Å². The van der Waals surface area contributed by atoms with Crippen LogP contribution in [0.3, 0.4) is 0 Å². The molecule has 3 rings (SSSR count). The smallest absolute Gasteiger partial charge is 0.249 e. The normalized spacial score (nSPS) is 18.5. The molecule has 6 nitrogen and oxygen atoms in total. The Morgan fingerprint density at radius 3 is 2.96 bits per heavy atom. The summed E-state index contributed by atoms with van der Waals surface area (Å²) in [6.07, 6.45) is 5.38. The molecule has 1 fully saturated rings. The maximum Gasteiger partial charge on any atom is 0.249 e. The third kappa shape index (κ3) is 4.43. The molecule has 0 aliphatic carbocycles. The lowest BCUT2D eigenvalue weighted by Gasteiger charge is -2.16. The number of rotatable bonds is 7. The number of nitrogens with zero attached hydrogens (tertiary/aromatic N) is 2. The molecule has 1 aliphatic rings. The minimum Gasteiger partial charge on any atom is -0.376 e. The van der Waals surface area contributed by atoms with Gasteiger partial charge in [0, 0.05) is 25.5 Å². The van der Waals surface area contributed by atoms with E-state index in [9.17, 15) is 4.79 Å². The van der Waals surface area contributed by atoms with Crippen LogP contribution in [0, 0.1) is 0 Å². The maximum absolute atomic E-state index is 12.1. The fraction of sp³-hybridized carbons (Fsp3) is 0.444. The van der Waals surface area contributed by atoms with Gasteiger partial charge in [0.15, 0.2) is 0 Å². The van der Waals surface area contributed by atoms with E-state index in [0.717, 1.165) is 30.7 Å². The van der Waals surface area contributed by atoms with Crippen LogP contribution in [-0.2, 0) is 20.8 Å². The number of amides is 1. The Morgan fingerprint density at radius 2 is 2.29 bits per heavy atom. The van der Waals surface area contributed by atoms with E-state index in [1.807, 2.05) is 36.5 Å². The number of hydrogen-bond acceptors (Lipinski definition) is 4. The van der Waals surface area contributed by atoms with Crippen molar-refractivity contribution in [3.8, 4) is 5.69 Å². The van der Waals surface area contributed by atoms with Gasteiger partial charge in [-0.05, 0) is 43.5 Å². The summed E-state index contributed by atoms with van der Waals surface area (Å²) in [6.45, 7) is 3.52. The quantitative estimate of drug-likeness (QED) is 0.844. The summed E-state index contributed by atoms with van der Waals surface area (Å²) in [6, 6.07) is 9.80. The molecule has 6 heteroatoms. The first-order valence-electron chi connectivity index (χ1n) is 8.32. The van der Waals surface area contributed by atoms with E-state index in [1.165, 1.54) is 0 Å². The van der Waals surface area contributed by atoms with E-state index in [0.29, 0.717) is 13.2 Å². The molecule has 2 atom stereocenters. The first kappa shape index (κ1) is 16.7. The third-order valence-electron chi connectivity index (χ3n) is 4.10. The molecule has 24 heavy (non-hydrogen) atoms. The second kappa shape index (κ2) is 8.08. The van der Waals surface area contributed by atoms with Gasteiger partial charge in [0.1, 0.15) is 6.10 Å². The Hall–Kier alpha value is -2.18. The van der Waals surface area contributed by atoms with Crippen LogP contribution in [0.15, 0.2) is 42.7 Å². The Bertz CT molecular complexity index is 634. The van der Waals surface area contributed by atoms with E-state index < -0.39 is 6.10 Å². The topological polar surface area (TPSA) is 65.4 Å². The molecule has 0 bridgehead atoms. The van der Waals surface area contributed by atoms with Gasteiger partial charge in [-0.1, -0.05) is 12.1 Å². The second-order valence-electron chi connectivity index (χ2n) is 5.95. The second-order valence-corrected chi connectivity index (χ2v) is 5.95. The van der Waals surface area contributed by atoms with Crippen molar-refractivity contribution in [1.82, 2.24) is 15.1 Å². The van der Waals surface area contributed by atoms with Crippen LogP contribution in [-0.4, -0.2) is 41.1 Å². The minimum atomic E-state index is -0.474. The zero-order valence-corrected chi connectivity index (χ0v) is 13.9. The van der Waals surface area contributed by atoms with Crippen molar-refractivity contribution in [2.24, 2.45) is 0 Å². The molecule has 2 heterocycles. The number of hydrogen-bond donors (Lipinski definition) is 1. The average Bonchev–Trinajstić information content (AvgIpc) is 3.31. The van der Waals surface area contributed by atoms with Crippen molar-refractivity contribution in [2.75, 3.05) is 13.2 Å². The molecule has 2 aromatic rings. The van der Waals surface area contributed by atoms with Gasteiger partial charge < -0.3 is 14.8 Å². The summed E-state index contributed by atoms with van der Waals surface area (Å²) in [5.41, 5.74) is 2.02. The number of carbonyl (C=O) groups is 1. The highest BCUT2D eigenvalue weighted by Gasteiger charge is 2.19. The number of nitrogens with one attached hydrogen (secondary N) is 1. The number of carbonyl (C=O) groups excluding carboxylic acids is 1. The molecule has 0 spiro atoms. The third-order valence-corrected chi connectivity index (χ3v) is 4.10. The molecular formula is C18H23N3O3. The van der Waals surface area contributed by atoms with Crippen LogP contribution in [0.1, 0.15) is 25.3 Å². The molecule has 0 saturated carbocycles. The molecule has 0 radical (unpaired) electrons. The van der Waals surface area contributed by atoms with Gasteiger partial charge in [-0.15, -0.1) is 0 Å². The van der Waals surface area contributed by atoms with Crippen molar-refractivity contribution in [3.05, 3.63) is 48.3 Å². The fourth-order valence-corrected chi connectivity index (χ4v) is 2.62. The molecule has 1 amide bonds. The summed E-state index contributed by atoms with van der Waals surface area (Å²) in [5.74, 6) is -0.107. The predicted octanol–water partition coefficient (Wildman–Crippen LogP) is 2.07. The summed E-state index contributed by atoms with van der Waals surface area (Å²) in [5, 5.41) is 7.09. The number of ether oxygens (including phenoxy) is 2. The Kier molecular flexibility index (Phi) is 5.61. The van der Waals surface area contributed by atoms with E-state index >= 15 is 0 Å². The van der Waals surface area contributed by atoms with E-state index in [4.69, 9.17) is 9.47 Å². The molecule has 1 N–H and O–H groups in total. The van der Waals surface area contributed by atoms with Gasteiger partial charge in [-0.25, -0.2) is 4.68 Å². The van der Waals surface area contributed by atoms with Crippen molar-refractivity contribution in [2.45, 2.75) is 38.5 Å². The van der Waals surface area contributed by atoms with Gasteiger partial charge in [0.2, 0.25) is 5.91 Å². The Balaban J connectivity index is 1.43. The summed E-state index contributed by atoms with van der Waals surface area (Å²) < 4.78 is 12.9. The van der Waals surface area contributed by atoms with Crippen LogP contribution in [0.5, 0.6) is 0 Å². The molecule has 1 aromatic heterocycles. The average molecular weight is 329 g/mol. The molecule has 1 saturated heterocycles. The SMILES string of the molecule is C[C@@H](OC[C@H]1CCCO1)C(=O)NCc1ccc(-n2cccn2)cc1. The van der Waals surface area contributed by atoms with Crippen molar-refractivity contribution in [3.63, 3.8) is 0 Å². The van der Waals surface area contributed by atoms with Crippen molar-refractivity contribution >= 4 is 5.91 Å². The zero-order chi connectivity index (χ0) is 16.8. The van der Waals surface area contributed by atoms with Crippen LogP contribution >= 0.6 is 0 Å². The maximum atomic E-state index is 12.1. The highest BCUT2D eigenvalue weighted by atomic mass is 16.5. The van der Waals surface area contributed by atoms with Crippen molar-refractivity contribution < 1.29 is 14.3 Å². The van der Waals surface area contributed by atoms with Gasteiger partial charge in [0.05, 0.1) is 18.4 Å². The van der Waals surface area contributed by atoms with E-state index in [1.54, 1.807) is 17.8 Å². The standard InChI is InChI=1S/C18H23N3O3/c1-14(24-13-17-4-2-11-23-17)18(22)19-12-15-5-7-16(8-6-15)21-10-3-9-20-21/h3,5-10,14,17H,2,4,11-13H2,1H3,(H,19,22)/t14-,17-/m1/s1.